The average Bonchev–Trinajstić information content (AvgIpc) is 3.40. The van der Waals surface area contributed by atoms with Crippen LogP contribution in [0.5, 0.6) is 0 Å². The summed E-state index contributed by atoms with van der Waals surface area (Å²) < 4.78 is 30.5. The summed E-state index contributed by atoms with van der Waals surface area (Å²) in [6, 6.07) is 12.5. The number of unbranched alkanes of at least 4 members (excludes halogenated alkanes) is 1. The first-order valence-corrected chi connectivity index (χ1v) is 12.8. The van der Waals surface area contributed by atoms with Crippen molar-refractivity contribution in [2.24, 2.45) is 0 Å². The Kier molecular flexibility index (Phi) is 6.59. The lowest BCUT2D eigenvalue weighted by molar-refractivity contribution is -0.146. The molecule has 1 fully saturated rings. The van der Waals surface area contributed by atoms with Gasteiger partial charge in [-0.05, 0) is 62.1 Å². The van der Waals surface area contributed by atoms with Gasteiger partial charge in [0.1, 0.15) is 0 Å². The van der Waals surface area contributed by atoms with Crippen LogP contribution in [-0.2, 0) is 19.4 Å². The Bertz CT molecular complexity index is 1150. The third-order valence-corrected chi connectivity index (χ3v) is 9.06. The maximum atomic E-state index is 13.3. The second-order valence-corrected chi connectivity index (χ2v) is 11.0. The van der Waals surface area contributed by atoms with E-state index in [0.29, 0.717) is 41.8 Å². The van der Waals surface area contributed by atoms with Gasteiger partial charge >= 0.3 is 5.97 Å². The summed E-state index contributed by atoms with van der Waals surface area (Å²) in [7, 11) is -3.95. The van der Waals surface area contributed by atoms with Crippen molar-refractivity contribution in [1.29, 1.82) is 0 Å². The van der Waals surface area contributed by atoms with E-state index < -0.39 is 20.6 Å². The van der Waals surface area contributed by atoms with Crippen molar-refractivity contribution in [2.75, 3.05) is 13.2 Å². The van der Waals surface area contributed by atoms with E-state index in [4.69, 9.17) is 16.3 Å². The van der Waals surface area contributed by atoms with E-state index in [-0.39, 0.29) is 42.7 Å². The smallest absolute Gasteiger partial charge is 0.327 e. The number of hydrogen-bond donors (Lipinski definition) is 0. The minimum atomic E-state index is -3.95. The molecule has 0 radical (unpaired) electrons. The number of ether oxygens (including phenoxy) is 1. The van der Waals surface area contributed by atoms with Gasteiger partial charge in [0.2, 0.25) is 0 Å². The number of nitrogens with zero attached hydrogens (tertiary/aromatic N) is 1. The minimum Gasteiger partial charge on any atom is -0.465 e. The summed E-state index contributed by atoms with van der Waals surface area (Å²) >= 11 is 5.88. The maximum Gasteiger partial charge on any atom is 0.327 e. The Morgan fingerprint density at radius 1 is 0.939 bits per heavy atom. The number of benzene rings is 2. The summed E-state index contributed by atoms with van der Waals surface area (Å²) in [5.41, 5.74) is 0.786. The van der Waals surface area contributed by atoms with E-state index in [1.54, 1.807) is 24.3 Å². The zero-order chi connectivity index (χ0) is 23.6. The second-order valence-electron chi connectivity index (χ2n) is 8.31. The number of carbonyl (C=O) groups is 3. The molecule has 0 N–H and O–H groups in total. The van der Waals surface area contributed by atoms with E-state index >= 15 is 0 Å². The summed E-state index contributed by atoms with van der Waals surface area (Å²) in [6.07, 6.45) is 2.52. The van der Waals surface area contributed by atoms with Crippen molar-refractivity contribution in [3.8, 4) is 0 Å². The van der Waals surface area contributed by atoms with Gasteiger partial charge < -0.3 is 4.74 Å². The van der Waals surface area contributed by atoms with Crippen LogP contribution in [0.3, 0.4) is 0 Å². The molecule has 1 aliphatic carbocycles. The molecule has 174 valence electrons. The number of rotatable bonds is 8. The van der Waals surface area contributed by atoms with Crippen LogP contribution >= 0.6 is 11.6 Å². The lowest BCUT2D eigenvalue weighted by atomic mass is 10.1. The zero-order valence-electron chi connectivity index (χ0n) is 18.0. The van der Waals surface area contributed by atoms with Crippen LogP contribution in [0.4, 0.5) is 0 Å². The Balaban J connectivity index is 1.35. The summed E-state index contributed by atoms with van der Waals surface area (Å²) in [5.74, 6) is -1.39. The fourth-order valence-corrected chi connectivity index (χ4v) is 6.65. The number of halogens is 1. The van der Waals surface area contributed by atoms with Crippen molar-refractivity contribution in [3.05, 3.63) is 64.7 Å². The normalized spacial score (nSPS) is 17.3. The van der Waals surface area contributed by atoms with E-state index in [0.717, 1.165) is 0 Å². The molecule has 4 rings (SSSR count). The number of amides is 2. The number of hydrogen-bond acceptors (Lipinski definition) is 6. The molecule has 1 heterocycles. The van der Waals surface area contributed by atoms with Gasteiger partial charge in [0.25, 0.3) is 11.8 Å². The number of fused-ring (bicyclic) bond motifs is 1. The zero-order valence-corrected chi connectivity index (χ0v) is 19.5. The molecule has 2 aromatic rings. The maximum absolute atomic E-state index is 13.3. The van der Waals surface area contributed by atoms with Crippen LogP contribution in [0.1, 0.15) is 59.2 Å². The highest BCUT2D eigenvalue weighted by atomic mass is 35.5. The fourth-order valence-electron chi connectivity index (χ4n) is 4.48. The van der Waals surface area contributed by atoms with Crippen LogP contribution in [0.25, 0.3) is 0 Å². The molecule has 0 bridgehead atoms. The molecular formula is C24H24ClNO6S. The van der Waals surface area contributed by atoms with Gasteiger partial charge in [-0.1, -0.05) is 36.6 Å². The highest BCUT2D eigenvalue weighted by Gasteiger charge is 2.54. The molecular weight excluding hydrogens is 466 g/mol. The van der Waals surface area contributed by atoms with E-state index in [1.807, 2.05) is 0 Å². The van der Waals surface area contributed by atoms with Gasteiger partial charge in [-0.3, -0.25) is 19.3 Å². The number of carbonyl (C=O) groups excluding carboxylic acids is 3. The molecule has 2 amide bonds. The van der Waals surface area contributed by atoms with Crippen molar-refractivity contribution < 1.29 is 27.5 Å². The molecule has 0 unspecified atom stereocenters. The summed E-state index contributed by atoms with van der Waals surface area (Å²) in [6.45, 7) is 0.220. The molecule has 0 saturated heterocycles. The summed E-state index contributed by atoms with van der Waals surface area (Å²) in [5, 5.41) is 0.412. The van der Waals surface area contributed by atoms with Crippen LogP contribution in [0.2, 0.25) is 5.02 Å². The lowest BCUT2D eigenvalue weighted by Crippen LogP contribution is -2.45. The van der Waals surface area contributed by atoms with Crippen LogP contribution in [0, 0.1) is 0 Å². The van der Waals surface area contributed by atoms with Crippen molar-refractivity contribution in [1.82, 2.24) is 4.90 Å². The average molecular weight is 490 g/mol. The number of imide groups is 1. The van der Waals surface area contributed by atoms with Crippen molar-refractivity contribution in [3.63, 3.8) is 0 Å². The Morgan fingerprint density at radius 3 is 2.09 bits per heavy atom. The molecule has 0 spiro atoms. The first-order chi connectivity index (χ1) is 15.8. The van der Waals surface area contributed by atoms with Gasteiger partial charge in [0.15, 0.2) is 14.6 Å². The first kappa shape index (κ1) is 23.4. The van der Waals surface area contributed by atoms with E-state index in [2.05, 4.69) is 0 Å². The quantitative estimate of drug-likeness (QED) is 0.315. The monoisotopic (exact) mass is 489 g/mol. The highest BCUT2D eigenvalue weighted by Crippen LogP contribution is 2.41. The topological polar surface area (TPSA) is 97.8 Å². The minimum absolute atomic E-state index is 0.0138. The predicted molar refractivity (Wildman–Crippen MR) is 122 cm³/mol. The van der Waals surface area contributed by atoms with Crippen LogP contribution in [-0.4, -0.2) is 49.0 Å². The van der Waals surface area contributed by atoms with Gasteiger partial charge in [0.05, 0.1) is 22.6 Å². The fraction of sp³-hybridized carbons (Fsp3) is 0.375. The standard InChI is InChI=1S/C24H24ClNO6S/c25-17-9-11-18(12-10-17)33(30,31)24(13-3-4-14-24)23(29)32-16-6-5-15-26-21(27)19-7-1-2-8-20(19)22(26)28/h1-2,7-12H,3-6,13-16H2. The Morgan fingerprint density at radius 2 is 1.52 bits per heavy atom. The van der Waals surface area contributed by atoms with Crippen LogP contribution in [0.15, 0.2) is 53.4 Å². The van der Waals surface area contributed by atoms with Gasteiger partial charge in [-0.15, -0.1) is 0 Å². The van der Waals surface area contributed by atoms with E-state index in [9.17, 15) is 22.8 Å². The molecule has 9 heteroatoms. The SMILES string of the molecule is O=C1c2ccccc2C(=O)N1CCCCOC(=O)C1(S(=O)(=O)c2ccc(Cl)cc2)CCCC1. The summed E-state index contributed by atoms with van der Waals surface area (Å²) in [4.78, 5) is 39.0. The van der Waals surface area contributed by atoms with Gasteiger partial charge in [-0.25, -0.2) is 8.42 Å². The molecule has 2 aromatic carbocycles. The van der Waals surface area contributed by atoms with Gasteiger partial charge in [0, 0.05) is 11.6 Å². The Labute approximate surface area is 197 Å². The second kappa shape index (κ2) is 9.27. The molecule has 0 atom stereocenters. The molecule has 1 aliphatic heterocycles. The van der Waals surface area contributed by atoms with Crippen molar-refractivity contribution in [2.45, 2.75) is 48.2 Å². The Hall–Kier alpha value is -2.71. The first-order valence-electron chi connectivity index (χ1n) is 10.9. The number of esters is 1. The molecule has 33 heavy (non-hydrogen) atoms. The predicted octanol–water partition coefficient (Wildman–Crippen LogP) is 4.05. The molecule has 2 aliphatic rings. The van der Waals surface area contributed by atoms with E-state index in [1.165, 1.54) is 29.2 Å². The molecule has 1 saturated carbocycles. The number of sulfone groups is 1. The largest absolute Gasteiger partial charge is 0.465 e. The van der Waals surface area contributed by atoms with Gasteiger partial charge in [-0.2, -0.15) is 0 Å². The van der Waals surface area contributed by atoms with Crippen LogP contribution < -0.4 is 0 Å². The van der Waals surface area contributed by atoms with Crippen molar-refractivity contribution >= 4 is 39.2 Å². The molecule has 7 nitrogen and oxygen atoms in total. The highest BCUT2D eigenvalue weighted by molar-refractivity contribution is 7.93. The molecule has 0 aromatic heterocycles. The third kappa shape index (κ3) is 4.17. The third-order valence-electron chi connectivity index (χ3n) is 6.31. The lowest BCUT2D eigenvalue weighted by Gasteiger charge is -2.26.